The summed E-state index contributed by atoms with van der Waals surface area (Å²) in [6.07, 6.45) is 1.37. The SMILES string of the molecule is CCCNC(=O)CCOc1ccc(C)cc1. The summed E-state index contributed by atoms with van der Waals surface area (Å²) in [6.45, 7) is 5.23. The standard InChI is InChI=1S/C13H19NO2/c1-3-9-14-13(15)8-10-16-12-6-4-11(2)5-7-12/h4-7H,3,8-10H2,1-2H3,(H,14,15). The molecule has 1 amide bonds. The van der Waals surface area contributed by atoms with Gasteiger partial charge in [0.05, 0.1) is 13.0 Å². The molecule has 88 valence electrons. The Labute approximate surface area is 96.8 Å². The van der Waals surface area contributed by atoms with Gasteiger partial charge >= 0.3 is 0 Å². The molecule has 0 aliphatic carbocycles. The first-order valence-electron chi connectivity index (χ1n) is 5.68. The van der Waals surface area contributed by atoms with Gasteiger partial charge in [-0.25, -0.2) is 0 Å². The van der Waals surface area contributed by atoms with E-state index in [4.69, 9.17) is 4.74 Å². The van der Waals surface area contributed by atoms with Crippen LogP contribution in [0.2, 0.25) is 0 Å². The highest BCUT2D eigenvalue weighted by Crippen LogP contribution is 2.11. The lowest BCUT2D eigenvalue weighted by Crippen LogP contribution is -2.25. The lowest BCUT2D eigenvalue weighted by Gasteiger charge is -2.06. The Morgan fingerprint density at radius 2 is 2.00 bits per heavy atom. The molecule has 0 saturated carbocycles. The summed E-state index contributed by atoms with van der Waals surface area (Å²) < 4.78 is 5.45. The van der Waals surface area contributed by atoms with E-state index < -0.39 is 0 Å². The fourth-order valence-electron chi connectivity index (χ4n) is 1.25. The third-order valence-electron chi connectivity index (χ3n) is 2.19. The van der Waals surface area contributed by atoms with Crippen LogP contribution in [0, 0.1) is 6.92 Å². The number of ether oxygens (including phenoxy) is 1. The van der Waals surface area contributed by atoms with Crippen molar-refractivity contribution in [3.8, 4) is 5.75 Å². The van der Waals surface area contributed by atoms with Gasteiger partial charge in [-0.15, -0.1) is 0 Å². The van der Waals surface area contributed by atoms with Crippen molar-refractivity contribution in [2.24, 2.45) is 0 Å². The van der Waals surface area contributed by atoms with Crippen molar-refractivity contribution >= 4 is 5.91 Å². The van der Waals surface area contributed by atoms with E-state index in [1.54, 1.807) is 0 Å². The molecule has 0 heterocycles. The van der Waals surface area contributed by atoms with Crippen molar-refractivity contribution in [1.82, 2.24) is 5.32 Å². The first-order valence-corrected chi connectivity index (χ1v) is 5.68. The monoisotopic (exact) mass is 221 g/mol. The van der Waals surface area contributed by atoms with Gasteiger partial charge in [-0.3, -0.25) is 4.79 Å². The predicted octanol–water partition coefficient (Wildman–Crippen LogP) is 2.29. The quantitative estimate of drug-likeness (QED) is 0.800. The second kappa shape index (κ2) is 6.88. The van der Waals surface area contributed by atoms with E-state index in [0.29, 0.717) is 13.0 Å². The molecule has 0 aliphatic rings. The van der Waals surface area contributed by atoms with Crippen molar-refractivity contribution in [2.45, 2.75) is 26.7 Å². The second-order valence-corrected chi connectivity index (χ2v) is 3.76. The molecule has 0 aromatic heterocycles. The van der Waals surface area contributed by atoms with Crippen LogP contribution in [0.3, 0.4) is 0 Å². The predicted molar refractivity (Wildman–Crippen MR) is 64.6 cm³/mol. The van der Waals surface area contributed by atoms with Gasteiger partial charge in [0.25, 0.3) is 0 Å². The molecule has 16 heavy (non-hydrogen) atoms. The van der Waals surface area contributed by atoms with Crippen molar-refractivity contribution in [1.29, 1.82) is 0 Å². The zero-order chi connectivity index (χ0) is 11.8. The summed E-state index contributed by atoms with van der Waals surface area (Å²) in [5.74, 6) is 0.864. The molecule has 0 fully saturated rings. The average Bonchev–Trinajstić information content (AvgIpc) is 2.29. The number of amides is 1. The zero-order valence-electron chi connectivity index (χ0n) is 9.95. The van der Waals surface area contributed by atoms with E-state index in [1.807, 2.05) is 38.1 Å². The summed E-state index contributed by atoms with van der Waals surface area (Å²) >= 11 is 0. The van der Waals surface area contributed by atoms with Crippen LogP contribution in [-0.4, -0.2) is 19.1 Å². The minimum Gasteiger partial charge on any atom is -0.493 e. The van der Waals surface area contributed by atoms with E-state index >= 15 is 0 Å². The van der Waals surface area contributed by atoms with Gasteiger partial charge in [0.15, 0.2) is 0 Å². The minimum atomic E-state index is 0.0500. The first kappa shape index (κ1) is 12.6. The topological polar surface area (TPSA) is 38.3 Å². The maximum atomic E-state index is 11.3. The second-order valence-electron chi connectivity index (χ2n) is 3.76. The number of benzene rings is 1. The van der Waals surface area contributed by atoms with E-state index in [2.05, 4.69) is 5.32 Å². The molecule has 0 bridgehead atoms. The third-order valence-corrected chi connectivity index (χ3v) is 2.19. The highest BCUT2D eigenvalue weighted by molar-refractivity contribution is 5.75. The van der Waals surface area contributed by atoms with Gasteiger partial charge in [-0.2, -0.15) is 0 Å². The lowest BCUT2D eigenvalue weighted by molar-refractivity contribution is -0.121. The minimum absolute atomic E-state index is 0.0500. The normalized spacial score (nSPS) is 9.88. The van der Waals surface area contributed by atoms with Crippen LogP contribution < -0.4 is 10.1 Å². The molecule has 0 spiro atoms. The summed E-state index contributed by atoms with van der Waals surface area (Å²) in [4.78, 5) is 11.3. The smallest absolute Gasteiger partial charge is 0.223 e. The van der Waals surface area contributed by atoms with Crippen LogP contribution in [0.15, 0.2) is 24.3 Å². The fraction of sp³-hybridized carbons (Fsp3) is 0.462. The Kier molecular flexibility index (Phi) is 5.40. The Hall–Kier alpha value is -1.51. The van der Waals surface area contributed by atoms with Crippen molar-refractivity contribution < 1.29 is 9.53 Å². The van der Waals surface area contributed by atoms with Crippen LogP contribution >= 0.6 is 0 Å². The molecular formula is C13H19NO2. The average molecular weight is 221 g/mol. The van der Waals surface area contributed by atoms with Gasteiger partial charge in [0.1, 0.15) is 5.75 Å². The number of rotatable bonds is 6. The van der Waals surface area contributed by atoms with Gasteiger partial charge in [0, 0.05) is 6.54 Å². The van der Waals surface area contributed by atoms with Crippen LogP contribution in [0.25, 0.3) is 0 Å². The molecule has 1 rings (SSSR count). The fourth-order valence-corrected chi connectivity index (χ4v) is 1.25. The summed E-state index contributed by atoms with van der Waals surface area (Å²) in [5.41, 5.74) is 1.20. The van der Waals surface area contributed by atoms with E-state index in [9.17, 15) is 4.79 Å². The number of nitrogens with one attached hydrogen (secondary N) is 1. The Bertz CT molecular complexity index is 319. The largest absolute Gasteiger partial charge is 0.493 e. The molecule has 0 aliphatic heterocycles. The molecule has 3 heteroatoms. The number of hydrogen-bond donors (Lipinski definition) is 1. The van der Waals surface area contributed by atoms with Crippen LogP contribution in [0.1, 0.15) is 25.3 Å². The van der Waals surface area contributed by atoms with E-state index in [-0.39, 0.29) is 5.91 Å². The maximum absolute atomic E-state index is 11.3. The van der Waals surface area contributed by atoms with E-state index in [1.165, 1.54) is 5.56 Å². The maximum Gasteiger partial charge on any atom is 0.223 e. The van der Waals surface area contributed by atoms with Gasteiger partial charge in [0.2, 0.25) is 5.91 Å². The van der Waals surface area contributed by atoms with Crippen LogP contribution in [0.4, 0.5) is 0 Å². The lowest BCUT2D eigenvalue weighted by atomic mass is 10.2. The van der Waals surface area contributed by atoms with Crippen molar-refractivity contribution in [3.05, 3.63) is 29.8 Å². The third kappa shape index (κ3) is 4.82. The molecule has 0 unspecified atom stereocenters. The first-order chi connectivity index (χ1) is 7.72. The molecule has 3 nitrogen and oxygen atoms in total. The van der Waals surface area contributed by atoms with Gasteiger partial charge < -0.3 is 10.1 Å². The molecule has 0 atom stereocenters. The van der Waals surface area contributed by atoms with Crippen LogP contribution in [0.5, 0.6) is 5.75 Å². The molecule has 1 aromatic carbocycles. The summed E-state index contributed by atoms with van der Waals surface area (Å²) in [7, 11) is 0. The Morgan fingerprint density at radius 1 is 1.31 bits per heavy atom. The highest BCUT2D eigenvalue weighted by atomic mass is 16.5. The Balaban J connectivity index is 2.20. The number of hydrogen-bond acceptors (Lipinski definition) is 2. The molecule has 1 N–H and O–H groups in total. The number of carbonyl (C=O) groups is 1. The zero-order valence-corrected chi connectivity index (χ0v) is 9.95. The molecular weight excluding hydrogens is 202 g/mol. The van der Waals surface area contributed by atoms with Crippen molar-refractivity contribution in [2.75, 3.05) is 13.2 Å². The number of carbonyl (C=O) groups excluding carboxylic acids is 1. The molecule has 0 radical (unpaired) electrons. The van der Waals surface area contributed by atoms with Gasteiger partial charge in [-0.05, 0) is 25.5 Å². The summed E-state index contributed by atoms with van der Waals surface area (Å²) in [5, 5.41) is 2.81. The summed E-state index contributed by atoms with van der Waals surface area (Å²) in [6, 6.07) is 7.82. The molecule has 1 aromatic rings. The van der Waals surface area contributed by atoms with Crippen LogP contribution in [-0.2, 0) is 4.79 Å². The highest BCUT2D eigenvalue weighted by Gasteiger charge is 2.00. The van der Waals surface area contributed by atoms with E-state index in [0.717, 1.165) is 18.7 Å². The Morgan fingerprint density at radius 3 is 2.62 bits per heavy atom. The van der Waals surface area contributed by atoms with Gasteiger partial charge in [-0.1, -0.05) is 24.6 Å². The van der Waals surface area contributed by atoms with Crippen molar-refractivity contribution in [3.63, 3.8) is 0 Å². The molecule has 0 saturated heterocycles. The number of aryl methyl sites for hydroxylation is 1.